The summed E-state index contributed by atoms with van der Waals surface area (Å²) in [4.78, 5) is 0. The first-order chi connectivity index (χ1) is 8.72. The molecule has 0 saturated heterocycles. The van der Waals surface area contributed by atoms with E-state index < -0.39 is 6.10 Å². The van der Waals surface area contributed by atoms with Gasteiger partial charge in [0, 0.05) is 12.7 Å². The van der Waals surface area contributed by atoms with Crippen LogP contribution in [-0.2, 0) is 11.2 Å². The summed E-state index contributed by atoms with van der Waals surface area (Å²) in [7, 11) is 1.69. The lowest BCUT2D eigenvalue weighted by atomic mass is 10.0. The van der Waals surface area contributed by atoms with Crippen molar-refractivity contribution in [2.24, 2.45) is 0 Å². The maximum absolute atomic E-state index is 10.2. The van der Waals surface area contributed by atoms with E-state index >= 15 is 0 Å². The molecule has 0 aliphatic carbocycles. The third-order valence-corrected chi connectivity index (χ3v) is 3.08. The minimum absolute atomic E-state index is 0.625. The maximum Gasteiger partial charge on any atom is 0.107 e. The third-order valence-electron chi connectivity index (χ3n) is 3.08. The van der Waals surface area contributed by atoms with Crippen LogP contribution in [-0.4, -0.2) is 18.8 Å². The van der Waals surface area contributed by atoms with E-state index in [1.807, 2.05) is 31.2 Å². The SMILES string of the molecule is COCCc1ccc(C(O)c2ccoc2C)cc1. The molecule has 0 radical (unpaired) electrons. The van der Waals surface area contributed by atoms with Crippen molar-refractivity contribution in [3.63, 3.8) is 0 Å². The first-order valence-electron chi connectivity index (χ1n) is 6.02. The Labute approximate surface area is 107 Å². The van der Waals surface area contributed by atoms with Crippen LogP contribution in [0.2, 0.25) is 0 Å². The van der Waals surface area contributed by atoms with Gasteiger partial charge in [0.15, 0.2) is 0 Å². The molecule has 2 aromatic rings. The van der Waals surface area contributed by atoms with Gasteiger partial charge in [0.05, 0.1) is 12.9 Å². The lowest BCUT2D eigenvalue weighted by Gasteiger charge is -2.11. The lowest BCUT2D eigenvalue weighted by molar-refractivity contribution is 0.202. The Morgan fingerprint density at radius 3 is 2.50 bits per heavy atom. The van der Waals surface area contributed by atoms with E-state index in [4.69, 9.17) is 9.15 Å². The monoisotopic (exact) mass is 246 g/mol. The van der Waals surface area contributed by atoms with Crippen molar-refractivity contribution in [1.82, 2.24) is 0 Å². The summed E-state index contributed by atoms with van der Waals surface area (Å²) >= 11 is 0. The van der Waals surface area contributed by atoms with Crippen LogP contribution in [0.3, 0.4) is 0 Å². The minimum Gasteiger partial charge on any atom is -0.469 e. The molecule has 0 aliphatic rings. The second kappa shape index (κ2) is 5.85. The van der Waals surface area contributed by atoms with Crippen molar-refractivity contribution in [3.8, 4) is 0 Å². The Bertz CT molecular complexity index is 485. The van der Waals surface area contributed by atoms with Gasteiger partial charge in [-0.2, -0.15) is 0 Å². The van der Waals surface area contributed by atoms with Crippen molar-refractivity contribution >= 4 is 0 Å². The fraction of sp³-hybridized carbons (Fsp3) is 0.333. The molecular formula is C15H18O3. The number of furan rings is 1. The molecule has 0 saturated carbocycles. The van der Waals surface area contributed by atoms with Crippen LogP contribution in [0, 0.1) is 6.92 Å². The lowest BCUT2D eigenvalue weighted by Crippen LogP contribution is -2.01. The standard InChI is InChI=1S/C15H18O3/c1-11-14(8-10-18-11)15(16)13-5-3-12(4-6-13)7-9-17-2/h3-6,8,10,15-16H,7,9H2,1-2H3. The molecule has 1 aromatic heterocycles. The van der Waals surface area contributed by atoms with Crippen molar-refractivity contribution in [1.29, 1.82) is 0 Å². The van der Waals surface area contributed by atoms with E-state index in [2.05, 4.69) is 0 Å². The number of aliphatic hydroxyl groups excluding tert-OH is 1. The number of hydrogen-bond donors (Lipinski definition) is 1. The number of benzene rings is 1. The Kier molecular flexibility index (Phi) is 4.18. The Balaban J connectivity index is 2.12. The Hall–Kier alpha value is -1.58. The molecule has 18 heavy (non-hydrogen) atoms. The van der Waals surface area contributed by atoms with Crippen molar-refractivity contribution in [2.45, 2.75) is 19.4 Å². The van der Waals surface area contributed by atoms with E-state index in [0.29, 0.717) is 6.61 Å². The molecule has 2 rings (SSSR count). The fourth-order valence-electron chi connectivity index (χ4n) is 1.94. The molecule has 1 N–H and O–H groups in total. The molecule has 0 spiro atoms. The van der Waals surface area contributed by atoms with Gasteiger partial charge in [0.1, 0.15) is 11.9 Å². The van der Waals surface area contributed by atoms with Gasteiger partial charge in [-0.05, 0) is 30.5 Å². The van der Waals surface area contributed by atoms with Gasteiger partial charge in [0.2, 0.25) is 0 Å². The molecule has 0 aliphatic heterocycles. The van der Waals surface area contributed by atoms with Crippen molar-refractivity contribution < 1.29 is 14.3 Å². The molecule has 0 amide bonds. The largest absolute Gasteiger partial charge is 0.469 e. The van der Waals surface area contributed by atoms with Gasteiger partial charge in [-0.3, -0.25) is 0 Å². The van der Waals surface area contributed by atoms with Crippen molar-refractivity contribution in [3.05, 3.63) is 59.0 Å². The highest BCUT2D eigenvalue weighted by Crippen LogP contribution is 2.25. The van der Waals surface area contributed by atoms with Crippen LogP contribution in [0.5, 0.6) is 0 Å². The molecular weight excluding hydrogens is 228 g/mol. The quantitative estimate of drug-likeness (QED) is 0.882. The van der Waals surface area contributed by atoms with E-state index in [9.17, 15) is 5.11 Å². The Morgan fingerprint density at radius 2 is 1.94 bits per heavy atom. The highest BCUT2D eigenvalue weighted by molar-refractivity contribution is 5.32. The minimum atomic E-state index is -0.625. The maximum atomic E-state index is 10.2. The second-order valence-corrected chi connectivity index (χ2v) is 4.32. The predicted molar refractivity (Wildman–Crippen MR) is 69.5 cm³/mol. The number of aryl methyl sites for hydroxylation is 1. The second-order valence-electron chi connectivity index (χ2n) is 4.32. The van der Waals surface area contributed by atoms with Gasteiger partial charge in [-0.15, -0.1) is 0 Å². The third kappa shape index (κ3) is 2.81. The topological polar surface area (TPSA) is 42.6 Å². The molecule has 96 valence electrons. The van der Waals surface area contributed by atoms with Crippen LogP contribution in [0.25, 0.3) is 0 Å². The van der Waals surface area contributed by atoms with Crippen LogP contribution < -0.4 is 0 Å². The average Bonchev–Trinajstić information content (AvgIpc) is 2.82. The summed E-state index contributed by atoms with van der Waals surface area (Å²) in [5, 5.41) is 10.2. The van der Waals surface area contributed by atoms with E-state index in [1.54, 1.807) is 19.4 Å². The fourth-order valence-corrected chi connectivity index (χ4v) is 1.94. The number of rotatable bonds is 5. The van der Waals surface area contributed by atoms with Crippen LogP contribution in [0.1, 0.15) is 28.6 Å². The predicted octanol–water partition coefficient (Wildman–Crippen LogP) is 2.86. The number of ether oxygens (including phenoxy) is 1. The summed E-state index contributed by atoms with van der Waals surface area (Å²) in [6.07, 6.45) is 1.86. The van der Waals surface area contributed by atoms with Crippen LogP contribution in [0.4, 0.5) is 0 Å². The molecule has 0 bridgehead atoms. The first kappa shape index (κ1) is 12.9. The van der Waals surface area contributed by atoms with E-state index in [0.717, 1.165) is 23.3 Å². The highest BCUT2D eigenvalue weighted by atomic mass is 16.5. The zero-order chi connectivity index (χ0) is 13.0. The summed E-state index contributed by atoms with van der Waals surface area (Å²) in [6.45, 7) is 2.56. The van der Waals surface area contributed by atoms with Gasteiger partial charge in [-0.25, -0.2) is 0 Å². The number of methoxy groups -OCH3 is 1. The molecule has 1 heterocycles. The smallest absolute Gasteiger partial charge is 0.107 e. The highest BCUT2D eigenvalue weighted by Gasteiger charge is 2.14. The molecule has 1 atom stereocenters. The van der Waals surface area contributed by atoms with Gasteiger partial charge in [-0.1, -0.05) is 24.3 Å². The summed E-state index contributed by atoms with van der Waals surface area (Å²) in [6, 6.07) is 9.74. The molecule has 1 unspecified atom stereocenters. The van der Waals surface area contributed by atoms with Gasteiger partial charge >= 0.3 is 0 Å². The summed E-state index contributed by atoms with van der Waals surface area (Å²) in [5.74, 6) is 0.756. The molecule has 3 heteroatoms. The normalized spacial score (nSPS) is 12.6. The first-order valence-corrected chi connectivity index (χ1v) is 6.02. The molecule has 3 nitrogen and oxygen atoms in total. The zero-order valence-corrected chi connectivity index (χ0v) is 10.7. The van der Waals surface area contributed by atoms with E-state index in [-0.39, 0.29) is 0 Å². The number of aliphatic hydroxyl groups is 1. The van der Waals surface area contributed by atoms with Crippen molar-refractivity contribution in [2.75, 3.05) is 13.7 Å². The summed E-state index contributed by atoms with van der Waals surface area (Å²) < 4.78 is 10.2. The Morgan fingerprint density at radius 1 is 1.22 bits per heavy atom. The van der Waals surface area contributed by atoms with Crippen LogP contribution >= 0.6 is 0 Å². The molecule has 0 fully saturated rings. The van der Waals surface area contributed by atoms with Gasteiger partial charge in [0.25, 0.3) is 0 Å². The molecule has 1 aromatic carbocycles. The number of hydrogen-bond acceptors (Lipinski definition) is 3. The average molecular weight is 246 g/mol. The van der Waals surface area contributed by atoms with Gasteiger partial charge < -0.3 is 14.3 Å². The van der Waals surface area contributed by atoms with Crippen LogP contribution in [0.15, 0.2) is 41.0 Å². The summed E-state index contributed by atoms with van der Waals surface area (Å²) in [5.41, 5.74) is 2.90. The zero-order valence-electron chi connectivity index (χ0n) is 10.7. The van der Waals surface area contributed by atoms with E-state index in [1.165, 1.54) is 5.56 Å².